The molecule has 2 N–H and O–H groups in total. The number of hydrogen-bond donors (Lipinski definition) is 2. The third-order valence-electron chi connectivity index (χ3n) is 3.03. The molecule has 0 aliphatic carbocycles. The first-order valence-electron chi connectivity index (χ1n) is 5.88. The van der Waals surface area contributed by atoms with Gasteiger partial charge in [-0.05, 0) is 25.0 Å². The van der Waals surface area contributed by atoms with Crippen LogP contribution < -0.4 is 5.32 Å². The molecule has 0 spiro atoms. The van der Waals surface area contributed by atoms with Gasteiger partial charge in [-0.3, -0.25) is 4.79 Å². The standard InChI is InChI=1S/C13H15NO4/c1-3-8-5-6-9-10(7-8)14-11(15)13(9,17)12(16)18-4-2/h5-7,17H,3-4H2,1-2H3,(H,14,15)/t13-/m1/s1. The fraction of sp³-hybridized carbons (Fsp3) is 0.385. The highest BCUT2D eigenvalue weighted by molar-refractivity contribution is 6.17. The first kappa shape index (κ1) is 12.6. The van der Waals surface area contributed by atoms with Crippen LogP contribution >= 0.6 is 0 Å². The quantitative estimate of drug-likeness (QED) is 0.617. The number of fused-ring (bicyclic) bond motifs is 1. The van der Waals surface area contributed by atoms with Gasteiger partial charge in [-0.2, -0.15) is 0 Å². The summed E-state index contributed by atoms with van der Waals surface area (Å²) in [5, 5.41) is 12.8. The Kier molecular flexibility index (Phi) is 3.09. The molecule has 0 radical (unpaired) electrons. The lowest BCUT2D eigenvalue weighted by Crippen LogP contribution is -2.43. The van der Waals surface area contributed by atoms with Crippen molar-refractivity contribution in [3.63, 3.8) is 0 Å². The van der Waals surface area contributed by atoms with Gasteiger partial charge in [0.2, 0.25) is 0 Å². The predicted octanol–water partition coefficient (Wildman–Crippen LogP) is 0.952. The summed E-state index contributed by atoms with van der Waals surface area (Å²) in [5.74, 6) is -1.70. The molecule has 5 heteroatoms. The number of aliphatic hydroxyl groups is 1. The zero-order chi connectivity index (χ0) is 13.3. The number of amides is 1. The highest BCUT2D eigenvalue weighted by Crippen LogP contribution is 2.37. The fourth-order valence-corrected chi connectivity index (χ4v) is 2.00. The normalized spacial score (nSPS) is 21.4. The van der Waals surface area contributed by atoms with Crippen molar-refractivity contribution in [1.82, 2.24) is 0 Å². The van der Waals surface area contributed by atoms with Crippen molar-refractivity contribution in [1.29, 1.82) is 0 Å². The SMILES string of the molecule is CCOC(=O)[C@]1(O)C(=O)Nc2cc(CC)ccc21. The van der Waals surface area contributed by atoms with Gasteiger partial charge in [0.25, 0.3) is 11.5 Å². The molecule has 1 amide bonds. The molecule has 1 aliphatic heterocycles. The number of carbonyl (C=O) groups is 2. The van der Waals surface area contributed by atoms with Crippen LogP contribution in [0.4, 0.5) is 5.69 Å². The minimum atomic E-state index is -2.22. The second kappa shape index (κ2) is 4.42. The van der Waals surface area contributed by atoms with Crippen LogP contribution in [0, 0.1) is 0 Å². The van der Waals surface area contributed by atoms with Crippen molar-refractivity contribution in [2.45, 2.75) is 25.9 Å². The average molecular weight is 249 g/mol. The summed E-state index contributed by atoms with van der Waals surface area (Å²) in [5.41, 5.74) is -0.488. The molecule has 18 heavy (non-hydrogen) atoms. The Morgan fingerprint density at radius 2 is 2.17 bits per heavy atom. The van der Waals surface area contributed by atoms with Crippen LogP contribution in [0.5, 0.6) is 0 Å². The summed E-state index contributed by atoms with van der Waals surface area (Å²) in [6.45, 7) is 3.71. The maximum atomic E-state index is 11.8. The van der Waals surface area contributed by atoms with Gasteiger partial charge in [-0.25, -0.2) is 4.79 Å². The minimum Gasteiger partial charge on any atom is -0.463 e. The monoisotopic (exact) mass is 249 g/mol. The van der Waals surface area contributed by atoms with E-state index in [4.69, 9.17) is 4.74 Å². The number of nitrogens with one attached hydrogen (secondary N) is 1. The topological polar surface area (TPSA) is 75.6 Å². The summed E-state index contributed by atoms with van der Waals surface area (Å²) in [4.78, 5) is 23.6. The number of esters is 1. The van der Waals surface area contributed by atoms with Gasteiger partial charge in [0.1, 0.15) is 0 Å². The molecule has 1 aromatic rings. The molecule has 1 aliphatic rings. The van der Waals surface area contributed by atoms with Crippen molar-refractivity contribution >= 4 is 17.6 Å². The van der Waals surface area contributed by atoms with E-state index in [9.17, 15) is 14.7 Å². The Labute approximate surface area is 105 Å². The number of anilines is 1. The Balaban J connectivity index is 2.47. The van der Waals surface area contributed by atoms with E-state index in [1.165, 1.54) is 0 Å². The van der Waals surface area contributed by atoms with Crippen LogP contribution in [0.25, 0.3) is 0 Å². The van der Waals surface area contributed by atoms with E-state index in [1.807, 2.05) is 6.92 Å². The zero-order valence-corrected chi connectivity index (χ0v) is 10.3. The van der Waals surface area contributed by atoms with Gasteiger partial charge in [0.15, 0.2) is 0 Å². The number of hydrogen-bond acceptors (Lipinski definition) is 4. The maximum absolute atomic E-state index is 11.8. The molecular formula is C13H15NO4. The van der Waals surface area contributed by atoms with Crippen molar-refractivity contribution in [2.75, 3.05) is 11.9 Å². The van der Waals surface area contributed by atoms with Crippen molar-refractivity contribution in [3.8, 4) is 0 Å². The molecule has 0 fully saturated rings. The molecule has 0 aromatic heterocycles. The van der Waals surface area contributed by atoms with Crippen LogP contribution in [0.3, 0.4) is 0 Å². The average Bonchev–Trinajstić information content (AvgIpc) is 2.62. The van der Waals surface area contributed by atoms with E-state index in [0.29, 0.717) is 5.69 Å². The maximum Gasteiger partial charge on any atom is 0.353 e. The molecule has 1 atom stereocenters. The molecule has 96 valence electrons. The van der Waals surface area contributed by atoms with E-state index in [-0.39, 0.29) is 12.2 Å². The lowest BCUT2D eigenvalue weighted by molar-refractivity contribution is -0.169. The number of rotatable bonds is 3. The first-order chi connectivity index (χ1) is 8.53. The van der Waals surface area contributed by atoms with Gasteiger partial charge >= 0.3 is 5.97 Å². The Morgan fingerprint density at radius 3 is 2.78 bits per heavy atom. The molecular weight excluding hydrogens is 234 g/mol. The molecule has 5 nitrogen and oxygen atoms in total. The lowest BCUT2D eigenvalue weighted by Gasteiger charge is -2.18. The summed E-state index contributed by atoms with van der Waals surface area (Å²) < 4.78 is 4.76. The molecule has 0 bridgehead atoms. The van der Waals surface area contributed by atoms with Crippen LogP contribution in [-0.2, 0) is 26.3 Å². The smallest absolute Gasteiger partial charge is 0.353 e. The molecule has 2 rings (SSSR count). The first-order valence-corrected chi connectivity index (χ1v) is 5.88. The number of ether oxygens (including phenoxy) is 1. The molecule has 0 saturated carbocycles. The van der Waals surface area contributed by atoms with Crippen LogP contribution in [0.2, 0.25) is 0 Å². The van der Waals surface area contributed by atoms with E-state index in [0.717, 1.165) is 12.0 Å². The number of benzene rings is 1. The Hall–Kier alpha value is -1.88. The highest BCUT2D eigenvalue weighted by Gasteiger charge is 2.53. The van der Waals surface area contributed by atoms with Gasteiger partial charge in [-0.15, -0.1) is 0 Å². The van der Waals surface area contributed by atoms with Gasteiger partial charge in [-0.1, -0.05) is 19.1 Å². The second-order valence-electron chi connectivity index (χ2n) is 4.12. The third-order valence-corrected chi connectivity index (χ3v) is 3.03. The van der Waals surface area contributed by atoms with E-state index < -0.39 is 17.5 Å². The molecule has 0 unspecified atom stereocenters. The number of aryl methyl sites for hydroxylation is 1. The zero-order valence-electron chi connectivity index (χ0n) is 10.3. The summed E-state index contributed by atoms with van der Waals surface area (Å²) >= 11 is 0. The summed E-state index contributed by atoms with van der Waals surface area (Å²) in [7, 11) is 0. The van der Waals surface area contributed by atoms with Crippen molar-refractivity contribution < 1.29 is 19.4 Å². The molecule has 1 aromatic carbocycles. The van der Waals surface area contributed by atoms with Crippen LogP contribution in [0.1, 0.15) is 25.0 Å². The summed E-state index contributed by atoms with van der Waals surface area (Å²) in [6, 6.07) is 5.12. The Morgan fingerprint density at radius 1 is 1.44 bits per heavy atom. The van der Waals surface area contributed by atoms with Crippen LogP contribution in [-0.4, -0.2) is 23.6 Å². The largest absolute Gasteiger partial charge is 0.463 e. The van der Waals surface area contributed by atoms with Gasteiger partial charge in [0, 0.05) is 11.3 Å². The molecule has 1 heterocycles. The highest BCUT2D eigenvalue weighted by atomic mass is 16.5. The predicted molar refractivity (Wildman–Crippen MR) is 65.0 cm³/mol. The minimum absolute atomic E-state index is 0.108. The van der Waals surface area contributed by atoms with Crippen molar-refractivity contribution in [3.05, 3.63) is 29.3 Å². The van der Waals surface area contributed by atoms with Gasteiger partial charge < -0.3 is 15.2 Å². The Bertz CT molecular complexity index is 512. The van der Waals surface area contributed by atoms with Gasteiger partial charge in [0.05, 0.1) is 6.61 Å². The lowest BCUT2D eigenvalue weighted by atomic mass is 9.94. The third kappa shape index (κ3) is 1.67. The molecule has 0 saturated heterocycles. The second-order valence-corrected chi connectivity index (χ2v) is 4.12. The van der Waals surface area contributed by atoms with Crippen molar-refractivity contribution in [2.24, 2.45) is 0 Å². The van der Waals surface area contributed by atoms with E-state index >= 15 is 0 Å². The van der Waals surface area contributed by atoms with E-state index in [1.54, 1.807) is 25.1 Å². The number of carbonyl (C=O) groups excluding carboxylic acids is 2. The van der Waals surface area contributed by atoms with E-state index in [2.05, 4.69) is 5.32 Å². The fourth-order valence-electron chi connectivity index (χ4n) is 2.00. The van der Waals surface area contributed by atoms with Crippen LogP contribution in [0.15, 0.2) is 18.2 Å². The summed E-state index contributed by atoms with van der Waals surface area (Å²) in [6.07, 6.45) is 0.807.